The molecule has 0 atom stereocenters. The maximum Gasteiger partial charge on any atom is 0.358 e. The Balaban J connectivity index is 2.24. The van der Waals surface area contributed by atoms with Gasteiger partial charge in [-0.1, -0.05) is 13.8 Å². The lowest BCUT2D eigenvalue weighted by Gasteiger charge is -2.03. The number of hydrogen-bond acceptors (Lipinski definition) is 4. The highest BCUT2D eigenvalue weighted by atomic mass is 32.1. The van der Waals surface area contributed by atoms with E-state index in [1.54, 1.807) is 24.5 Å². The number of nitrogens with zero attached hydrogens (tertiary/aromatic N) is 2. The third kappa shape index (κ3) is 2.97. The summed E-state index contributed by atoms with van der Waals surface area (Å²) in [7, 11) is 0. The zero-order valence-electron chi connectivity index (χ0n) is 11.9. The summed E-state index contributed by atoms with van der Waals surface area (Å²) in [6.07, 6.45) is 4.03. The van der Waals surface area contributed by atoms with Crippen LogP contribution in [0.15, 0.2) is 6.20 Å². The number of ether oxygens (including phenoxy) is 1. The van der Waals surface area contributed by atoms with Crippen molar-refractivity contribution in [3.63, 3.8) is 0 Å². The first kappa shape index (κ1) is 14.1. The molecule has 104 valence electrons. The van der Waals surface area contributed by atoms with E-state index in [-0.39, 0.29) is 5.97 Å². The molecule has 2 rings (SSSR count). The molecule has 0 fully saturated rings. The van der Waals surface area contributed by atoms with E-state index in [1.165, 1.54) is 17.0 Å². The molecule has 2 aromatic rings. The SMILES string of the molecule is CCOC(=O)c1cn2c(C)c(CCC(C)C)sc2n1. The zero-order valence-corrected chi connectivity index (χ0v) is 12.7. The number of esters is 1. The minimum absolute atomic E-state index is 0.346. The molecule has 0 aromatic carbocycles. The number of hydrogen-bond donors (Lipinski definition) is 0. The molecule has 5 heteroatoms. The second-order valence-corrected chi connectivity index (χ2v) is 6.10. The Labute approximate surface area is 117 Å². The van der Waals surface area contributed by atoms with E-state index in [2.05, 4.69) is 25.8 Å². The van der Waals surface area contributed by atoms with Crippen LogP contribution in [-0.2, 0) is 11.2 Å². The van der Waals surface area contributed by atoms with Crippen LogP contribution >= 0.6 is 11.3 Å². The summed E-state index contributed by atoms with van der Waals surface area (Å²) in [5.74, 6) is 0.352. The van der Waals surface area contributed by atoms with Crippen LogP contribution in [0.5, 0.6) is 0 Å². The highest BCUT2D eigenvalue weighted by Gasteiger charge is 2.16. The molecule has 2 heterocycles. The number of fused-ring (bicyclic) bond motifs is 1. The Kier molecular flexibility index (Phi) is 4.24. The first-order valence-electron chi connectivity index (χ1n) is 6.67. The summed E-state index contributed by atoms with van der Waals surface area (Å²) >= 11 is 1.67. The van der Waals surface area contributed by atoms with Crippen LogP contribution in [0.1, 0.15) is 48.3 Å². The van der Waals surface area contributed by atoms with Gasteiger partial charge < -0.3 is 4.74 Å². The Morgan fingerprint density at radius 3 is 2.84 bits per heavy atom. The van der Waals surface area contributed by atoms with Crippen LogP contribution in [-0.4, -0.2) is 22.0 Å². The molecular weight excluding hydrogens is 260 g/mol. The smallest absolute Gasteiger partial charge is 0.358 e. The van der Waals surface area contributed by atoms with Crippen molar-refractivity contribution in [2.75, 3.05) is 6.61 Å². The van der Waals surface area contributed by atoms with Crippen LogP contribution in [0, 0.1) is 12.8 Å². The Bertz CT molecular complexity index is 584. The van der Waals surface area contributed by atoms with Crippen molar-refractivity contribution in [3.05, 3.63) is 22.5 Å². The fraction of sp³-hybridized carbons (Fsp3) is 0.571. The monoisotopic (exact) mass is 280 g/mol. The number of rotatable bonds is 5. The van der Waals surface area contributed by atoms with Gasteiger partial charge in [0.1, 0.15) is 0 Å². The van der Waals surface area contributed by atoms with Crippen LogP contribution in [0.2, 0.25) is 0 Å². The van der Waals surface area contributed by atoms with E-state index in [0.717, 1.165) is 11.4 Å². The Morgan fingerprint density at radius 2 is 2.26 bits per heavy atom. The second kappa shape index (κ2) is 5.74. The van der Waals surface area contributed by atoms with Gasteiger partial charge in [0.2, 0.25) is 0 Å². The molecule has 0 aliphatic heterocycles. The van der Waals surface area contributed by atoms with E-state index in [0.29, 0.717) is 18.2 Å². The summed E-state index contributed by atoms with van der Waals surface area (Å²) in [5.41, 5.74) is 1.58. The lowest BCUT2D eigenvalue weighted by atomic mass is 10.1. The number of carbonyl (C=O) groups is 1. The van der Waals surface area contributed by atoms with Gasteiger partial charge in [-0.2, -0.15) is 0 Å². The fourth-order valence-electron chi connectivity index (χ4n) is 1.95. The third-order valence-electron chi connectivity index (χ3n) is 3.09. The molecule has 0 saturated carbocycles. The summed E-state index contributed by atoms with van der Waals surface area (Å²) < 4.78 is 6.96. The van der Waals surface area contributed by atoms with E-state index < -0.39 is 0 Å². The van der Waals surface area contributed by atoms with E-state index in [1.807, 2.05) is 4.40 Å². The van der Waals surface area contributed by atoms with Crippen molar-refractivity contribution < 1.29 is 9.53 Å². The molecule has 0 saturated heterocycles. The number of aryl methyl sites for hydroxylation is 2. The molecule has 0 unspecified atom stereocenters. The van der Waals surface area contributed by atoms with Gasteiger partial charge in [-0.05, 0) is 32.6 Å². The zero-order chi connectivity index (χ0) is 14.0. The largest absolute Gasteiger partial charge is 0.461 e. The maximum atomic E-state index is 11.6. The van der Waals surface area contributed by atoms with Crippen molar-refractivity contribution in [1.82, 2.24) is 9.38 Å². The summed E-state index contributed by atoms with van der Waals surface area (Å²) in [6, 6.07) is 0. The highest BCUT2D eigenvalue weighted by molar-refractivity contribution is 7.17. The average Bonchev–Trinajstić information content (AvgIpc) is 2.88. The van der Waals surface area contributed by atoms with Gasteiger partial charge in [0, 0.05) is 16.8 Å². The number of thiazole rings is 1. The molecule has 0 bridgehead atoms. The molecule has 2 aromatic heterocycles. The average molecular weight is 280 g/mol. The van der Waals surface area contributed by atoms with Gasteiger partial charge in [-0.15, -0.1) is 11.3 Å². The Hall–Kier alpha value is -1.36. The first-order chi connectivity index (χ1) is 9.02. The topological polar surface area (TPSA) is 43.6 Å². The van der Waals surface area contributed by atoms with Crippen LogP contribution in [0.4, 0.5) is 0 Å². The molecule has 19 heavy (non-hydrogen) atoms. The maximum absolute atomic E-state index is 11.6. The minimum atomic E-state index is -0.346. The number of imidazole rings is 1. The summed E-state index contributed by atoms with van der Waals surface area (Å²) in [6.45, 7) is 8.71. The van der Waals surface area contributed by atoms with Gasteiger partial charge >= 0.3 is 5.97 Å². The van der Waals surface area contributed by atoms with Crippen molar-refractivity contribution >= 4 is 22.3 Å². The standard InChI is InChI=1S/C14H20N2O2S/c1-5-18-13(17)11-8-16-10(4)12(7-6-9(2)3)19-14(16)15-11/h8-9H,5-7H2,1-4H3. The highest BCUT2D eigenvalue weighted by Crippen LogP contribution is 2.25. The second-order valence-electron chi connectivity index (χ2n) is 5.04. The molecule has 0 spiro atoms. The fourth-order valence-corrected chi connectivity index (χ4v) is 3.07. The molecule has 4 nitrogen and oxygen atoms in total. The van der Waals surface area contributed by atoms with Crippen molar-refractivity contribution in [3.8, 4) is 0 Å². The lowest BCUT2D eigenvalue weighted by molar-refractivity contribution is 0.0520. The molecular formula is C14H20N2O2S. The molecule has 0 aliphatic rings. The predicted octanol–water partition coefficient (Wildman–Crippen LogP) is 3.47. The van der Waals surface area contributed by atoms with Gasteiger partial charge in [-0.3, -0.25) is 4.40 Å². The molecule has 0 radical (unpaired) electrons. The number of aromatic nitrogens is 2. The van der Waals surface area contributed by atoms with Crippen molar-refractivity contribution in [2.24, 2.45) is 5.92 Å². The summed E-state index contributed by atoms with van der Waals surface area (Å²) in [4.78, 5) is 18.2. The van der Waals surface area contributed by atoms with Crippen molar-refractivity contribution in [2.45, 2.75) is 40.5 Å². The van der Waals surface area contributed by atoms with Crippen LogP contribution in [0.3, 0.4) is 0 Å². The quantitative estimate of drug-likeness (QED) is 0.788. The molecule has 0 aliphatic carbocycles. The van der Waals surface area contributed by atoms with Gasteiger partial charge in [0.05, 0.1) is 6.61 Å². The minimum Gasteiger partial charge on any atom is -0.461 e. The van der Waals surface area contributed by atoms with Crippen molar-refractivity contribution in [1.29, 1.82) is 0 Å². The molecule has 0 amide bonds. The van der Waals surface area contributed by atoms with Gasteiger partial charge in [0.25, 0.3) is 0 Å². The number of carbonyl (C=O) groups excluding carboxylic acids is 1. The summed E-state index contributed by atoms with van der Waals surface area (Å²) in [5, 5.41) is 0. The van der Waals surface area contributed by atoms with E-state index in [4.69, 9.17) is 4.74 Å². The van der Waals surface area contributed by atoms with E-state index >= 15 is 0 Å². The van der Waals surface area contributed by atoms with Gasteiger partial charge in [0.15, 0.2) is 10.7 Å². The predicted molar refractivity (Wildman–Crippen MR) is 76.9 cm³/mol. The normalized spacial score (nSPS) is 11.4. The van der Waals surface area contributed by atoms with Gasteiger partial charge in [-0.25, -0.2) is 9.78 Å². The van der Waals surface area contributed by atoms with Crippen LogP contribution in [0.25, 0.3) is 4.96 Å². The molecule has 0 N–H and O–H groups in total. The van der Waals surface area contributed by atoms with E-state index in [9.17, 15) is 4.79 Å². The third-order valence-corrected chi connectivity index (χ3v) is 4.30. The lowest BCUT2D eigenvalue weighted by Crippen LogP contribution is -2.04. The van der Waals surface area contributed by atoms with Crippen LogP contribution < -0.4 is 0 Å². The Morgan fingerprint density at radius 1 is 1.53 bits per heavy atom. The first-order valence-corrected chi connectivity index (χ1v) is 7.49.